The molecule has 1 aromatic rings. The molecule has 5 heteroatoms. The van der Waals surface area contributed by atoms with Crippen molar-refractivity contribution in [2.45, 2.75) is 39.7 Å². The molecule has 2 heterocycles. The van der Waals surface area contributed by atoms with E-state index in [1.807, 2.05) is 0 Å². The van der Waals surface area contributed by atoms with E-state index in [4.69, 9.17) is 5.73 Å². The van der Waals surface area contributed by atoms with Crippen LogP contribution in [0.15, 0.2) is 0 Å². The highest BCUT2D eigenvalue weighted by Crippen LogP contribution is 2.29. The molecule has 0 aromatic carbocycles. The molecule has 1 fully saturated rings. The molecule has 2 rings (SSSR count). The van der Waals surface area contributed by atoms with Gasteiger partial charge in [-0.05, 0) is 18.3 Å². The van der Waals surface area contributed by atoms with E-state index in [9.17, 15) is 0 Å². The van der Waals surface area contributed by atoms with E-state index in [0.29, 0.717) is 11.8 Å². The molecule has 1 saturated heterocycles. The van der Waals surface area contributed by atoms with Gasteiger partial charge in [0.25, 0.3) is 0 Å². The van der Waals surface area contributed by atoms with Crippen LogP contribution >= 0.6 is 11.3 Å². The fourth-order valence-corrected chi connectivity index (χ4v) is 3.36. The third-order valence-corrected chi connectivity index (χ3v) is 4.50. The average molecular weight is 254 g/mol. The zero-order chi connectivity index (χ0) is 12.4. The topological polar surface area (TPSA) is 55.0 Å². The highest BCUT2D eigenvalue weighted by Gasteiger charge is 2.33. The van der Waals surface area contributed by atoms with E-state index >= 15 is 0 Å². The molecule has 0 aliphatic carbocycles. The fraction of sp³-hybridized carbons (Fsp3) is 0.833. The van der Waals surface area contributed by atoms with Gasteiger partial charge in [-0.1, -0.05) is 32.1 Å². The molecule has 17 heavy (non-hydrogen) atoms. The summed E-state index contributed by atoms with van der Waals surface area (Å²) in [5, 5.41) is 10.7. The maximum absolute atomic E-state index is 6.19. The van der Waals surface area contributed by atoms with Crippen LogP contribution in [0.2, 0.25) is 0 Å². The van der Waals surface area contributed by atoms with E-state index in [0.717, 1.165) is 36.1 Å². The van der Waals surface area contributed by atoms with Gasteiger partial charge in [-0.25, -0.2) is 0 Å². The summed E-state index contributed by atoms with van der Waals surface area (Å²) in [6, 6.07) is 0.272. The van der Waals surface area contributed by atoms with Crippen molar-refractivity contribution in [3.05, 3.63) is 5.01 Å². The van der Waals surface area contributed by atoms with Crippen LogP contribution in [0.25, 0.3) is 0 Å². The number of rotatable bonds is 4. The first-order valence-electron chi connectivity index (χ1n) is 6.44. The Hall–Kier alpha value is -0.680. The monoisotopic (exact) mass is 254 g/mol. The van der Waals surface area contributed by atoms with Gasteiger partial charge in [0.15, 0.2) is 0 Å². The summed E-state index contributed by atoms with van der Waals surface area (Å²) in [6.07, 6.45) is 2.16. The first-order chi connectivity index (χ1) is 8.11. The van der Waals surface area contributed by atoms with Crippen LogP contribution in [0, 0.1) is 11.8 Å². The second-order valence-electron chi connectivity index (χ2n) is 5.21. The summed E-state index contributed by atoms with van der Waals surface area (Å²) < 4.78 is 0. The number of hydrogen-bond donors (Lipinski definition) is 1. The van der Waals surface area contributed by atoms with Crippen LogP contribution in [0.3, 0.4) is 0 Å². The fourth-order valence-electron chi connectivity index (χ4n) is 2.40. The molecular weight excluding hydrogens is 232 g/mol. The van der Waals surface area contributed by atoms with Crippen LogP contribution in [0.1, 0.15) is 32.2 Å². The number of nitrogens with zero attached hydrogens (tertiary/aromatic N) is 3. The summed E-state index contributed by atoms with van der Waals surface area (Å²) in [5.41, 5.74) is 6.19. The van der Waals surface area contributed by atoms with Gasteiger partial charge >= 0.3 is 0 Å². The van der Waals surface area contributed by atoms with Crippen LogP contribution in [0.5, 0.6) is 0 Å². The summed E-state index contributed by atoms with van der Waals surface area (Å²) in [6.45, 7) is 8.61. The number of nitrogens with two attached hydrogens (primary N) is 1. The maximum Gasteiger partial charge on any atom is 0.208 e. The first-order valence-corrected chi connectivity index (χ1v) is 7.26. The quantitative estimate of drug-likeness (QED) is 0.892. The molecule has 0 amide bonds. The molecule has 96 valence electrons. The Labute approximate surface area is 107 Å². The van der Waals surface area contributed by atoms with Gasteiger partial charge in [0.1, 0.15) is 5.01 Å². The zero-order valence-electron chi connectivity index (χ0n) is 10.9. The van der Waals surface area contributed by atoms with E-state index in [1.165, 1.54) is 0 Å². The number of hydrogen-bond acceptors (Lipinski definition) is 5. The standard InChI is InChI=1S/C12H22N4S/c1-4-5-11-14-15-12(17-11)16-6-9(8(2)3)10(13)7-16/h8-10H,4-7,13H2,1-3H3/t9-,10+/m1/s1. The normalized spacial score (nSPS) is 24.9. The predicted molar refractivity (Wildman–Crippen MR) is 72.4 cm³/mol. The van der Waals surface area contributed by atoms with Crippen LogP contribution in [0.4, 0.5) is 5.13 Å². The third-order valence-electron chi connectivity index (χ3n) is 3.46. The SMILES string of the molecule is CCCc1nnc(N2C[C@H](C(C)C)[C@@H](N)C2)s1. The van der Waals surface area contributed by atoms with Gasteiger partial charge in [0, 0.05) is 25.6 Å². The second-order valence-corrected chi connectivity index (χ2v) is 6.25. The van der Waals surface area contributed by atoms with Gasteiger partial charge in [-0.15, -0.1) is 10.2 Å². The lowest BCUT2D eigenvalue weighted by atomic mass is 9.92. The van der Waals surface area contributed by atoms with Crippen molar-refractivity contribution in [3.63, 3.8) is 0 Å². The van der Waals surface area contributed by atoms with Crippen molar-refractivity contribution >= 4 is 16.5 Å². The summed E-state index contributed by atoms with van der Waals surface area (Å²) in [7, 11) is 0. The third kappa shape index (κ3) is 2.77. The Kier molecular flexibility index (Phi) is 3.99. The molecule has 1 aliphatic rings. The van der Waals surface area contributed by atoms with Crippen LogP contribution in [-0.4, -0.2) is 29.3 Å². The molecule has 0 spiro atoms. The number of aromatic nitrogens is 2. The highest BCUT2D eigenvalue weighted by atomic mass is 32.1. The maximum atomic E-state index is 6.19. The van der Waals surface area contributed by atoms with Gasteiger partial charge < -0.3 is 10.6 Å². The molecular formula is C12H22N4S. The van der Waals surface area contributed by atoms with Crippen LogP contribution < -0.4 is 10.6 Å². The molecule has 0 radical (unpaired) electrons. The number of anilines is 1. The van der Waals surface area contributed by atoms with Crippen molar-refractivity contribution in [1.29, 1.82) is 0 Å². The smallest absolute Gasteiger partial charge is 0.208 e. The van der Waals surface area contributed by atoms with E-state index in [-0.39, 0.29) is 6.04 Å². The molecule has 0 saturated carbocycles. The summed E-state index contributed by atoms with van der Waals surface area (Å²) >= 11 is 1.72. The van der Waals surface area contributed by atoms with Crippen molar-refractivity contribution < 1.29 is 0 Å². The minimum atomic E-state index is 0.272. The average Bonchev–Trinajstić information content (AvgIpc) is 2.85. The summed E-state index contributed by atoms with van der Waals surface area (Å²) in [5.74, 6) is 1.21. The Balaban J connectivity index is 2.03. The lowest BCUT2D eigenvalue weighted by Crippen LogP contribution is -2.32. The molecule has 0 unspecified atom stereocenters. The minimum absolute atomic E-state index is 0.272. The molecule has 0 bridgehead atoms. The van der Waals surface area contributed by atoms with E-state index in [1.54, 1.807) is 11.3 Å². The molecule has 2 N–H and O–H groups in total. The Morgan fingerprint density at radius 2 is 2.18 bits per heavy atom. The van der Waals surface area contributed by atoms with E-state index in [2.05, 4.69) is 35.9 Å². The van der Waals surface area contributed by atoms with Crippen LogP contribution in [-0.2, 0) is 6.42 Å². The molecule has 1 aliphatic heterocycles. The molecule has 1 aromatic heterocycles. The Morgan fingerprint density at radius 3 is 2.76 bits per heavy atom. The Morgan fingerprint density at radius 1 is 1.41 bits per heavy atom. The van der Waals surface area contributed by atoms with Gasteiger partial charge in [0.05, 0.1) is 0 Å². The number of aryl methyl sites for hydroxylation is 1. The molecule has 4 nitrogen and oxygen atoms in total. The largest absolute Gasteiger partial charge is 0.345 e. The van der Waals surface area contributed by atoms with Crippen molar-refractivity contribution in [2.24, 2.45) is 17.6 Å². The van der Waals surface area contributed by atoms with Crippen molar-refractivity contribution in [3.8, 4) is 0 Å². The molecule has 2 atom stereocenters. The van der Waals surface area contributed by atoms with Crippen molar-refractivity contribution in [2.75, 3.05) is 18.0 Å². The van der Waals surface area contributed by atoms with Gasteiger partial charge in [-0.3, -0.25) is 0 Å². The highest BCUT2D eigenvalue weighted by molar-refractivity contribution is 7.15. The Bertz CT molecular complexity index is 363. The second kappa shape index (κ2) is 5.31. The van der Waals surface area contributed by atoms with Gasteiger partial charge in [-0.2, -0.15) is 0 Å². The lowest BCUT2D eigenvalue weighted by molar-refractivity contribution is 0.382. The van der Waals surface area contributed by atoms with E-state index < -0.39 is 0 Å². The summed E-state index contributed by atoms with van der Waals surface area (Å²) in [4.78, 5) is 2.30. The lowest BCUT2D eigenvalue weighted by Gasteiger charge is -2.17. The van der Waals surface area contributed by atoms with Gasteiger partial charge in [0.2, 0.25) is 5.13 Å². The first kappa shape index (κ1) is 12.8. The van der Waals surface area contributed by atoms with Crippen molar-refractivity contribution in [1.82, 2.24) is 10.2 Å². The zero-order valence-corrected chi connectivity index (χ0v) is 11.7. The minimum Gasteiger partial charge on any atom is -0.345 e. The predicted octanol–water partition coefficient (Wildman–Crippen LogP) is 1.91.